The average Bonchev–Trinajstić information content (AvgIpc) is 2.98. The summed E-state index contributed by atoms with van der Waals surface area (Å²) < 4.78 is 1.66. The Balaban J connectivity index is 0.000000706. The van der Waals surface area contributed by atoms with Crippen LogP contribution < -0.4 is 0 Å². The molecule has 0 aromatic carbocycles. The number of rotatable bonds is 3. The van der Waals surface area contributed by atoms with Crippen molar-refractivity contribution in [2.75, 3.05) is 13.1 Å². The zero-order valence-electron chi connectivity index (χ0n) is 15.2. The first-order valence-corrected chi connectivity index (χ1v) is 8.43. The average molecular weight is 389 g/mol. The van der Waals surface area contributed by atoms with Crippen molar-refractivity contribution in [3.63, 3.8) is 0 Å². The Morgan fingerprint density at radius 1 is 1.14 bits per heavy atom. The van der Waals surface area contributed by atoms with Gasteiger partial charge in [-0.05, 0) is 38.0 Å². The molecule has 0 unspecified atom stereocenters. The first kappa shape index (κ1) is 19.3. The van der Waals surface area contributed by atoms with Gasteiger partial charge in [0.25, 0.3) is 12.4 Å². The number of imidazole rings is 1. The van der Waals surface area contributed by atoms with Crippen LogP contribution in [0.25, 0.3) is 5.65 Å². The van der Waals surface area contributed by atoms with E-state index in [0.717, 1.165) is 5.56 Å². The highest BCUT2D eigenvalue weighted by Crippen LogP contribution is 2.68. The second-order valence-electron chi connectivity index (χ2n) is 7.20. The van der Waals surface area contributed by atoms with E-state index in [9.17, 15) is 24.6 Å². The fourth-order valence-electron chi connectivity index (χ4n) is 4.10. The van der Waals surface area contributed by atoms with Crippen LogP contribution >= 0.6 is 0 Å². The summed E-state index contributed by atoms with van der Waals surface area (Å²) in [5.74, 6) is -2.70. The third-order valence-corrected chi connectivity index (χ3v) is 5.58. The van der Waals surface area contributed by atoms with Crippen LogP contribution in [0.3, 0.4) is 0 Å². The van der Waals surface area contributed by atoms with Crippen molar-refractivity contribution in [1.29, 1.82) is 0 Å². The number of piperidine rings is 1. The lowest BCUT2D eigenvalue weighted by Gasteiger charge is -2.20. The molecule has 3 N–H and O–H groups in total. The van der Waals surface area contributed by atoms with Crippen molar-refractivity contribution >= 4 is 30.0 Å². The molecule has 1 saturated carbocycles. The molecule has 3 heterocycles. The van der Waals surface area contributed by atoms with Gasteiger partial charge in [0.15, 0.2) is 0 Å². The van der Waals surface area contributed by atoms with Crippen molar-refractivity contribution in [3.8, 4) is 0 Å². The molecule has 0 bridgehead atoms. The van der Waals surface area contributed by atoms with Gasteiger partial charge >= 0.3 is 11.9 Å². The van der Waals surface area contributed by atoms with Crippen LogP contribution in [-0.4, -0.2) is 67.0 Å². The standard InChI is InChI=1S/C17H17N3O5.CH2O2/c1-9-3-4-20-11(5-9)18-10(2)12(20)13(21)19-7-16(14(22)23)6-17(16,8-19)15(24)25;2-1-3/h3-5H,6-8H2,1-2H3,(H,22,23)(H,24,25);1H,(H,2,3)/t16-,17+;. The Morgan fingerprint density at radius 2 is 1.68 bits per heavy atom. The van der Waals surface area contributed by atoms with Crippen molar-refractivity contribution in [2.45, 2.75) is 20.3 Å². The molecule has 1 amide bonds. The predicted octanol–water partition coefficient (Wildman–Crippen LogP) is 0.653. The zero-order valence-corrected chi connectivity index (χ0v) is 15.2. The lowest BCUT2D eigenvalue weighted by Crippen LogP contribution is -2.35. The van der Waals surface area contributed by atoms with Gasteiger partial charge in [-0.15, -0.1) is 0 Å². The minimum absolute atomic E-state index is 0.0692. The van der Waals surface area contributed by atoms with E-state index in [1.165, 1.54) is 4.90 Å². The number of carbonyl (C=O) groups excluding carboxylic acids is 1. The number of nitrogens with zero attached hydrogens (tertiary/aromatic N) is 3. The molecule has 2 aromatic rings. The molecular weight excluding hydrogens is 370 g/mol. The van der Waals surface area contributed by atoms with Gasteiger partial charge in [0.1, 0.15) is 22.2 Å². The van der Waals surface area contributed by atoms with E-state index >= 15 is 0 Å². The third-order valence-electron chi connectivity index (χ3n) is 5.58. The number of amides is 1. The van der Waals surface area contributed by atoms with E-state index in [1.54, 1.807) is 17.5 Å². The van der Waals surface area contributed by atoms with Crippen LogP contribution in [-0.2, 0) is 14.4 Å². The molecule has 2 fully saturated rings. The number of aliphatic carboxylic acids is 2. The van der Waals surface area contributed by atoms with Crippen LogP contribution in [0.2, 0.25) is 0 Å². The van der Waals surface area contributed by atoms with Crippen LogP contribution in [0.1, 0.15) is 28.2 Å². The molecule has 4 rings (SSSR count). The Morgan fingerprint density at radius 3 is 2.18 bits per heavy atom. The first-order valence-electron chi connectivity index (χ1n) is 8.43. The number of hydrogen-bond donors (Lipinski definition) is 3. The van der Waals surface area contributed by atoms with Gasteiger partial charge in [-0.3, -0.25) is 23.6 Å². The molecule has 28 heavy (non-hydrogen) atoms. The summed E-state index contributed by atoms with van der Waals surface area (Å²) in [6.45, 7) is 3.21. The quantitative estimate of drug-likeness (QED) is 0.648. The van der Waals surface area contributed by atoms with Crippen molar-refractivity contribution in [1.82, 2.24) is 14.3 Å². The van der Waals surface area contributed by atoms with Gasteiger partial charge in [-0.2, -0.15) is 0 Å². The van der Waals surface area contributed by atoms with Crippen molar-refractivity contribution in [2.24, 2.45) is 10.8 Å². The van der Waals surface area contributed by atoms with Gasteiger partial charge in [-0.25, -0.2) is 4.98 Å². The molecule has 1 saturated heterocycles. The Labute approximate surface area is 159 Å². The number of aryl methyl sites for hydroxylation is 2. The highest BCUT2D eigenvalue weighted by Gasteiger charge is 2.81. The highest BCUT2D eigenvalue weighted by molar-refractivity contribution is 6.00. The van der Waals surface area contributed by atoms with E-state index in [-0.39, 0.29) is 31.9 Å². The number of carboxylic acids is 2. The molecule has 0 radical (unpaired) electrons. The molecule has 0 spiro atoms. The number of likely N-dealkylation sites (tertiary alicyclic amines) is 1. The lowest BCUT2D eigenvalue weighted by molar-refractivity contribution is -0.151. The predicted molar refractivity (Wildman–Crippen MR) is 94.0 cm³/mol. The van der Waals surface area contributed by atoms with Crippen LogP contribution in [0.4, 0.5) is 0 Å². The Kier molecular flexibility index (Phi) is 4.37. The molecule has 2 aliphatic rings. The van der Waals surface area contributed by atoms with E-state index in [1.807, 2.05) is 19.1 Å². The number of carbonyl (C=O) groups is 4. The molecule has 2 aromatic heterocycles. The van der Waals surface area contributed by atoms with E-state index < -0.39 is 22.8 Å². The Bertz CT molecular complexity index is 986. The van der Waals surface area contributed by atoms with Crippen LogP contribution in [0, 0.1) is 24.7 Å². The van der Waals surface area contributed by atoms with Gasteiger partial charge in [0, 0.05) is 19.3 Å². The van der Waals surface area contributed by atoms with Gasteiger partial charge in [0.2, 0.25) is 0 Å². The monoisotopic (exact) mass is 389 g/mol. The molecule has 2 atom stereocenters. The number of pyridine rings is 1. The third kappa shape index (κ3) is 2.52. The number of aromatic nitrogens is 2. The van der Waals surface area contributed by atoms with Gasteiger partial charge < -0.3 is 20.2 Å². The fraction of sp³-hybridized carbons (Fsp3) is 0.389. The maximum atomic E-state index is 13.0. The summed E-state index contributed by atoms with van der Waals surface area (Å²) in [6.07, 6.45) is 1.81. The lowest BCUT2D eigenvalue weighted by atomic mass is 9.97. The molecule has 1 aliphatic heterocycles. The Hall–Kier alpha value is -3.43. The van der Waals surface area contributed by atoms with E-state index in [2.05, 4.69) is 4.98 Å². The zero-order chi connectivity index (χ0) is 20.9. The normalized spacial score (nSPS) is 24.9. The molecule has 10 heteroatoms. The number of fused-ring (bicyclic) bond motifs is 2. The first-order chi connectivity index (χ1) is 13.1. The summed E-state index contributed by atoms with van der Waals surface area (Å²) in [4.78, 5) is 50.3. The summed E-state index contributed by atoms with van der Waals surface area (Å²) in [5.41, 5.74) is -0.235. The van der Waals surface area contributed by atoms with Gasteiger partial charge in [0.05, 0.1) is 5.69 Å². The SMILES string of the molecule is Cc1ccn2c(C(=O)N3C[C@@]4(C(=O)O)C[C@@]4(C(=O)O)C3)c(C)nc2c1.O=CO. The van der Waals surface area contributed by atoms with E-state index in [0.29, 0.717) is 17.0 Å². The second kappa shape index (κ2) is 6.32. The minimum Gasteiger partial charge on any atom is -0.483 e. The van der Waals surface area contributed by atoms with Crippen LogP contribution in [0.5, 0.6) is 0 Å². The van der Waals surface area contributed by atoms with Crippen LogP contribution in [0.15, 0.2) is 18.3 Å². The summed E-state index contributed by atoms with van der Waals surface area (Å²) in [6, 6.07) is 3.70. The van der Waals surface area contributed by atoms with Crippen molar-refractivity contribution in [3.05, 3.63) is 35.3 Å². The molecule has 10 nitrogen and oxygen atoms in total. The highest BCUT2D eigenvalue weighted by atomic mass is 16.4. The fourth-order valence-corrected chi connectivity index (χ4v) is 4.10. The van der Waals surface area contributed by atoms with E-state index in [4.69, 9.17) is 9.90 Å². The van der Waals surface area contributed by atoms with Gasteiger partial charge in [-0.1, -0.05) is 0 Å². The smallest absolute Gasteiger partial charge is 0.312 e. The second-order valence-corrected chi connectivity index (χ2v) is 7.20. The summed E-state index contributed by atoms with van der Waals surface area (Å²) in [7, 11) is 0. The number of carboxylic acid groups (broad SMARTS) is 3. The topological polar surface area (TPSA) is 150 Å². The summed E-state index contributed by atoms with van der Waals surface area (Å²) in [5, 5.41) is 25.9. The minimum atomic E-state index is -1.38. The molecule has 1 aliphatic carbocycles. The summed E-state index contributed by atoms with van der Waals surface area (Å²) >= 11 is 0. The molecule has 148 valence electrons. The largest absolute Gasteiger partial charge is 0.483 e. The maximum Gasteiger partial charge on any atom is 0.312 e. The van der Waals surface area contributed by atoms with Crippen molar-refractivity contribution < 1.29 is 34.5 Å². The number of hydrogen-bond acceptors (Lipinski definition) is 5. The maximum absolute atomic E-state index is 13.0. The molecular formula is C18H19N3O7.